The van der Waals surface area contributed by atoms with E-state index in [1.165, 1.54) is 48.4 Å². The summed E-state index contributed by atoms with van der Waals surface area (Å²) in [7, 11) is 0. The van der Waals surface area contributed by atoms with Gasteiger partial charge in [-0.2, -0.15) is 0 Å². The van der Waals surface area contributed by atoms with Crippen LogP contribution in [0.1, 0.15) is 90.8 Å². The van der Waals surface area contributed by atoms with Crippen molar-refractivity contribution in [2.45, 2.75) is 83.7 Å². The van der Waals surface area contributed by atoms with Crippen molar-refractivity contribution in [3.05, 3.63) is 111 Å². The number of rotatable bonds is 17. The second-order valence-corrected chi connectivity index (χ2v) is 15.8. The van der Waals surface area contributed by atoms with Gasteiger partial charge in [-0.15, -0.1) is 22.7 Å². The standard InChI is InChI=1S/C41H46N4O5S2/c1-5-6-7-8-9-22-50-31-18-16-28(17-19-31)30-25-42-37(43-26-30)29-14-12-27(13-15-29)24-32(38(46)45-36(40(48)49)33-11-10-23-51-33)44-39(47)34-20-21-35(52-34)41(2,3)4/h10-21,23,25-26,32,36H,5-9,22,24H2,1-4H3,(H,44,47)(H,45,46)(H,48,49)/t32-,36?/m0/s1. The first-order valence-electron chi connectivity index (χ1n) is 17.6. The van der Waals surface area contributed by atoms with Gasteiger partial charge < -0.3 is 20.5 Å². The van der Waals surface area contributed by atoms with Crippen LogP contribution in [0.5, 0.6) is 5.75 Å². The second-order valence-electron chi connectivity index (χ2n) is 13.7. The molecule has 3 N–H and O–H groups in total. The lowest BCUT2D eigenvalue weighted by Gasteiger charge is -2.21. The molecule has 52 heavy (non-hydrogen) atoms. The fourth-order valence-corrected chi connectivity index (χ4v) is 7.28. The van der Waals surface area contributed by atoms with Crippen molar-refractivity contribution in [2.24, 2.45) is 0 Å². The predicted molar refractivity (Wildman–Crippen MR) is 208 cm³/mol. The third-order valence-corrected chi connectivity index (χ3v) is 11.0. The summed E-state index contributed by atoms with van der Waals surface area (Å²) in [6, 6.07) is 20.2. The molecule has 0 radical (unpaired) electrons. The van der Waals surface area contributed by atoms with Gasteiger partial charge in [-0.05, 0) is 58.7 Å². The molecule has 0 saturated carbocycles. The number of ether oxygens (including phenoxy) is 1. The zero-order chi connectivity index (χ0) is 37.1. The molecule has 1 unspecified atom stereocenters. The smallest absolute Gasteiger partial charge is 0.331 e. The van der Waals surface area contributed by atoms with Crippen LogP contribution in [0.4, 0.5) is 0 Å². The van der Waals surface area contributed by atoms with E-state index in [-0.39, 0.29) is 11.8 Å². The summed E-state index contributed by atoms with van der Waals surface area (Å²) in [4.78, 5) is 50.3. The molecule has 11 heteroatoms. The van der Waals surface area contributed by atoms with Gasteiger partial charge in [-0.25, -0.2) is 14.8 Å². The Morgan fingerprint density at radius 1 is 0.827 bits per heavy atom. The van der Waals surface area contributed by atoms with Crippen molar-refractivity contribution in [2.75, 3.05) is 6.61 Å². The van der Waals surface area contributed by atoms with Crippen molar-refractivity contribution in [1.29, 1.82) is 0 Å². The van der Waals surface area contributed by atoms with E-state index in [2.05, 4.69) is 48.3 Å². The molecular formula is C41H46N4O5S2. The number of aliphatic carboxylic acids is 1. The molecule has 2 atom stereocenters. The van der Waals surface area contributed by atoms with Crippen LogP contribution in [-0.4, -0.2) is 45.5 Å². The number of benzene rings is 2. The summed E-state index contributed by atoms with van der Waals surface area (Å²) in [5.74, 6) is -0.769. The molecule has 272 valence electrons. The van der Waals surface area contributed by atoms with Gasteiger partial charge in [0.05, 0.1) is 11.5 Å². The zero-order valence-corrected chi connectivity index (χ0v) is 31.7. The number of carboxylic acid groups (broad SMARTS) is 1. The van der Waals surface area contributed by atoms with E-state index in [1.807, 2.05) is 54.6 Å². The normalized spacial score (nSPS) is 12.5. The third kappa shape index (κ3) is 10.6. The highest BCUT2D eigenvalue weighted by Gasteiger charge is 2.29. The Kier molecular flexibility index (Phi) is 13.3. The Balaban J connectivity index is 1.25. The van der Waals surface area contributed by atoms with Crippen LogP contribution in [-0.2, 0) is 21.4 Å². The lowest BCUT2D eigenvalue weighted by Crippen LogP contribution is -2.49. The van der Waals surface area contributed by atoms with E-state index in [9.17, 15) is 19.5 Å². The van der Waals surface area contributed by atoms with Crippen molar-refractivity contribution >= 4 is 40.5 Å². The topological polar surface area (TPSA) is 131 Å². The van der Waals surface area contributed by atoms with Gasteiger partial charge in [0.15, 0.2) is 11.9 Å². The molecule has 3 heterocycles. The van der Waals surface area contributed by atoms with Gasteiger partial charge in [-0.3, -0.25) is 9.59 Å². The first kappa shape index (κ1) is 38.4. The molecule has 5 aromatic rings. The molecule has 5 rings (SSSR count). The lowest BCUT2D eigenvalue weighted by atomic mass is 9.95. The number of thiophene rings is 2. The van der Waals surface area contributed by atoms with Crippen LogP contribution in [0.25, 0.3) is 22.5 Å². The van der Waals surface area contributed by atoms with Crippen molar-refractivity contribution in [3.8, 4) is 28.3 Å². The van der Waals surface area contributed by atoms with Gasteiger partial charge in [0.25, 0.3) is 5.91 Å². The lowest BCUT2D eigenvalue weighted by molar-refractivity contribution is -0.142. The number of hydrogen-bond donors (Lipinski definition) is 3. The zero-order valence-electron chi connectivity index (χ0n) is 30.1. The van der Waals surface area contributed by atoms with Crippen LogP contribution in [0.2, 0.25) is 0 Å². The van der Waals surface area contributed by atoms with Crippen LogP contribution >= 0.6 is 22.7 Å². The highest BCUT2D eigenvalue weighted by molar-refractivity contribution is 7.14. The van der Waals surface area contributed by atoms with Crippen molar-refractivity contribution in [3.63, 3.8) is 0 Å². The molecule has 0 saturated heterocycles. The summed E-state index contributed by atoms with van der Waals surface area (Å²) >= 11 is 2.61. The maximum Gasteiger partial charge on any atom is 0.331 e. The third-order valence-electron chi connectivity index (χ3n) is 8.56. The van der Waals surface area contributed by atoms with Gasteiger partial charge in [0.1, 0.15) is 11.8 Å². The van der Waals surface area contributed by atoms with Gasteiger partial charge in [-0.1, -0.05) is 95.8 Å². The monoisotopic (exact) mass is 738 g/mol. The van der Waals surface area contributed by atoms with Crippen molar-refractivity contribution in [1.82, 2.24) is 20.6 Å². The van der Waals surface area contributed by atoms with Gasteiger partial charge in [0.2, 0.25) is 5.91 Å². The van der Waals surface area contributed by atoms with E-state index in [4.69, 9.17) is 4.74 Å². The quantitative estimate of drug-likeness (QED) is 0.0813. The number of carbonyl (C=O) groups is 3. The van der Waals surface area contributed by atoms with Crippen LogP contribution in [0, 0.1) is 0 Å². The summed E-state index contributed by atoms with van der Waals surface area (Å²) in [6.07, 6.45) is 9.72. The average Bonchev–Trinajstić information content (AvgIpc) is 3.86. The maximum absolute atomic E-state index is 13.6. The molecule has 2 aromatic carbocycles. The molecule has 0 fully saturated rings. The van der Waals surface area contributed by atoms with E-state index in [0.29, 0.717) is 15.6 Å². The largest absolute Gasteiger partial charge is 0.494 e. The summed E-state index contributed by atoms with van der Waals surface area (Å²) in [6.45, 7) is 9.15. The molecule has 0 bridgehead atoms. The van der Waals surface area contributed by atoms with E-state index >= 15 is 0 Å². The molecular weight excluding hydrogens is 693 g/mol. The molecule has 0 aliphatic heterocycles. The molecule has 0 aliphatic carbocycles. The minimum atomic E-state index is -1.24. The first-order valence-corrected chi connectivity index (χ1v) is 19.3. The Morgan fingerprint density at radius 3 is 2.13 bits per heavy atom. The number of unbranched alkanes of at least 4 members (excludes halogenated alkanes) is 4. The molecule has 3 aromatic heterocycles. The summed E-state index contributed by atoms with van der Waals surface area (Å²) < 4.78 is 5.90. The number of carbonyl (C=O) groups excluding carboxylic acids is 2. The highest BCUT2D eigenvalue weighted by Crippen LogP contribution is 2.30. The Bertz CT molecular complexity index is 1900. The Hall–Kier alpha value is -4.87. The van der Waals surface area contributed by atoms with Gasteiger partial charge >= 0.3 is 5.97 Å². The molecule has 0 aliphatic rings. The van der Waals surface area contributed by atoms with Gasteiger partial charge in [0, 0.05) is 39.7 Å². The number of hydrogen-bond acceptors (Lipinski definition) is 8. The average molecular weight is 739 g/mol. The fraction of sp³-hybridized carbons (Fsp3) is 0.341. The number of amides is 2. The molecule has 9 nitrogen and oxygen atoms in total. The minimum Gasteiger partial charge on any atom is -0.494 e. The maximum atomic E-state index is 13.6. The Labute approximate surface area is 313 Å². The summed E-state index contributed by atoms with van der Waals surface area (Å²) in [5.41, 5.74) is 3.31. The second kappa shape index (κ2) is 18.1. The van der Waals surface area contributed by atoms with Crippen LogP contribution in [0.3, 0.4) is 0 Å². The number of aromatic nitrogens is 2. The van der Waals surface area contributed by atoms with Crippen LogP contribution < -0.4 is 15.4 Å². The van der Waals surface area contributed by atoms with E-state index < -0.39 is 29.9 Å². The SMILES string of the molecule is CCCCCCCOc1ccc(-c2cnc(-c3ccc(C[C@H](NC(=O)c4ccc(C(C)(C)C)s4)C(=O)NC(C(=O)O)c4cccs4)cc3)nc2)cc1. The summed E-state index contributed by atoms with van der Waals surface area (Å²) in [5, 5.41) is 17.1. The fourth-order valence-electron chi connectivity index (χ4n) is 5.55. The van der Waals surface area contributed by atoms with E-state index in [0.717, 1.165) is 45.9 Å². The number of nitrogens with one attached hydrogen (secondary N) is 2. The molecule has 0 spiro atoms. The molecule has 2 amide bonds. The Morgan fingerprint density at radius 2 is 1.52 bits per heavy atom. The first-order chi connectivity index (χ1) is 25.0. The minimum absolute atomic E-state index is 0.130. The number of carboxylic acids is 1. The van der Waals surface area contributed by atoms with E-state index in [1.54, 1.807) is 36.0 Å². The van der Waals surface area contributed by atoms with Crippen LogP contribution in [0.15, 0.2) is 90.6 Å². The highest BCUT2D eigenvalue weighted by atomic mass is 32.1. The van der Waals surface area contributed by atoms with Crippen molar-refractivity contribution < 1.29 is 24.2 Å². The number of nitrogens with zero attached hydrogens (tertiary/aromatic N) is 2. The predicted octanol–water partition coefficient (Wildman–Crippen LogP) is 8.86.